The van der Waals surface area contributed by atoms with Crippen LogP contribution in [0.2, 0.25) is 5.02 Å². The van der Waals surface area contributed by atoms with Crippen LogP contribution in [-0.2, 0) is 10.0 Å². The molecule has 0 spiro atoms. The summed E-state index contributed by atoms with van der Waals surface area (Å²) in [5.74, 6) is 5.63. The van der Waals surface area contributed by atoms with Crippen molar-refractivity contribution in [2.75, 3.05) is 17.1 Å². The Morgan fingerprint density at radius 3 is 2.70 bits per heavy atom. The van der Waals surface area contributed by atoms with Crippen molar-refractivity contribution in [3.63, 3.8) is 0 Å². The molecule has 0 heterocycles. The van der Waals surface area contributed by atoms with Crippen LogP contribution < -0.4 is 4.72 Å². The minimum absolute atomic E-state index is 0.0312. The van der Waals surface area contributed by atoms with Gasteiger partial charge in [0.1, 0.15) is 0 Å². The molecule has 4 nitrogen and oxygen atoms in total. The van der Waals surface area contributed by atoms with Crippen molar-refractivity contribution in [1.82, 2.24) is 0 Å². The molecular formula is C14H18ClNO3S. The first kappa shape index (κ1) is 16.8. The summed E-state index contributed by atoms with van der Waals surface area (Å²) in [5.41, 5.74) is 0.902. The summed E-state index contributed by atoms with van der Waals surface area (Å²) in [6, 6.07) is 4.79. The average molecular weight is 316 g/mol. The van der Waals surface area contributed by atoms with Crippen molar-refractivity contribution in [1.29, 1.82) is 0 Å². The number of halogens is 1. The number of rotatable bonds is 5. The molecule has 20 heavy (non-hydrogen) atoms. The first-order valence-corrected chi connectivity index (χ1v) is 8.27. The molecule has 0 saturated carbocycles. The van der Waals surface area contributed by atoms with E-state index in [9.17, 15) is 8.42 Å². The SMILES string of the molecule is CC(C)CS(=O)(=O)Nc1ccc(Cl)cc1C#CCCO. The number of hydrogen-bond donors (Lipinski definition) is 2. The lowest BCUT2D eigenvalue weighted by Crippen LogP contribution is -2.20. The van der Waals surface area contributed by atoms with Crippen molar-refractivity contribution >= 4 is 27.3 Å². The van der Waals surface area contributed by atoms with Crippen LogP contribution in [0.15, 0.2) is 18.2 Å². The molecule has 0 atom stereocenters. The lowest BCUT2D eigenvalue weighted by atomic mass is 10.2. The fourth-order valence-electron chi connectivity index (χ4n) is 1.57. The summed E-state index contributed by atoms with van der Waals surface area (Å²) in [7, 11) is -3.41. The Labute approximate surface area is 125 Å². The van der Waals surface area contributed by atoms with Crippen LogP contribution in [0.3, 0.4) is 0 Å². The van der Waals surface area contributed by atoms with Gasteiger partial charge in [-0.2, -0.15) is 0 Å². The van der Waals surface area contributed by atoms with E-state index in [1.54, 1.807) is 18.2 Å². The van der Waals surface area contributed by atoms with Gasteiger partial charge >= 0.3 is 0 Å². The van der Waals surface area contributed by atoms with Gasteiger partial charge < -0.3 is 5.11 Å². The monoisotopic (exact) mass is 315 g/mol. The highest BCUT2D eigenvalue weighted by Gasteiger charge is 2.14. The van der Waals surface area contributed by atoms with Gasteiger partial charge in [0.15, 0.2) is 0 Å². The number of hydrogen-bond acceptors (Lipinski definition) is 3. The molecule has 0 bridgehead atoms. The number of aliphatic hydroxyl groups is 1. The molecule has 0 amide bonds. The van der Waals surface area contributed by atoms with Crippen LogP contribution in [0.5, 0.6) is 0 Å². The molecule has 1 rings (SSSR count). The van der Waals surface area contributed by atoms with Gasteiger partial charge in [0.2, 0.25) is 10.0 Å². The Morgan fingerprint density at radius 1 is 1.40 bits per heavy atom. The molecule has 0 unspecified atom stereocenters. The van der Waals surface area contributed by atoms with E-state index in [1.807, 2.05) is 13.8 Å². The molecular weight excluding hydrogens is 298 g/mol. The quantitative estimate of drug-likeness (QED) is 0.820. The number of aliphatic hydroxyl groups excluding tert-OH is 1. The predicted octanol–water partition coefficient (Wildman–Crippen LogP) is 2.47. The zero-order valence-electron chi connectivity index (χ0n) is 11.5. The molecule has 1 aromatic rings. The van der Waals surface area contributed by atoms with E-state index in [0.29, 0.717) is 22.7 Å². The van der Waals surface area contributed by atoms with Crippen molar-refractivity contribution in [2.45, 2.75) is 20.3 Å². The van der Waals surface area contributed by atoms with E-state index >= 15 is 0 Å². The molecule has 1 aromatic carbocycles. The maximum Gasteiger partial charge on any atom is 0.233 e. The van der Waals surface area contributed by atoms with Crippen LogP contribution in [0.25, 0.3) is 0 Å². The number of benzene rings is 1. The van der Waals surface area contributed by atoms with Crippen LogP contribution in [0.1, 0.15) is 25.8 Å². The van der Waals surface area contributed by atoms with Crippen LogP contribution in [0, 0.1) is 17.8 Å². The number of anilines is 1. The van der Waals surface area contributed by atoms with E-state index in [1.165, 1.54) is 0 Å². The summed E-state index contributed by atoms with van der Waals surface area (Å²) in [5, 5.41) is 9.19. The van der Waals surface area contributed by atoms with Gasteiger partial charge in [-0.05, 0) is 24.1 Å². The lowest BCUT2D eigenvalue weighted by Gasteiger charge is -2.11. The summed E-state index contributed by atoms with van der Waals surface area (Å²) in [6.07, 6.45) is 0.324. The molecule has 2 N–H and O–H groups in total. The second-order valence-corrected chi connectivity index (χ2v) is 6.95. The summed E-state index contributed by atoms with van der Waals surface area (Å²) in [6.45, 7) is 3.63. The van der Waals surface area contributed by atoms with Gasteiger partial charge in [0.25, 0.3) is 0 Å². The molecule has 0 fully saturated rings. The van der Waals surface area contributed by atoms with Gasteiger partial charge in [-0.15, -0.1) is 0 Å². The van der Waals surface area contributed by atoms with Crippen molar-refractivity contribution in [3.05, 3.63) is 28.8 Å². The normalized spacial score (nSPS) is 11.1. The molecule has 110 valence electrons. The Balaban J connectivity index is 3.04. The molecule has 0 aliphatic rings. The summed E-state index contributed by atoms with van der Waals surface area (Å²) in [4.78, 5) is 0. The van der Waals surface area contributed by atoms with Gasteiger partial charge in [-0.1, -0.05) is 37.3 Å². The standard InChI is InChI=1S/C14H18ClNO3S/c1-11(2)10-20(18,19)16-14-7-6-13(15)9-12(14)5-3-4-8-17/h6-7,9,11,16-17H,4,8,10H2,1-2H3. The van der Waals surface area contributed by atoms with E-state index in [-0.39, 0.29) is 18.3 Å². The van der Waals surface area contributed by atoms with E-state index in [4.69, 9.17) is 16.7 Å². The highest BCUT2D eigenvalue weighted by molar-refractivity contribution is 7.92. The van der Waals surface area contributed by atoms with Gasteiger partial charge in [-0.25, -0.2) is 8.42 Å². The molecule has 0 aliphatic heterocycles. The third kappa shape index (κ3) is 5.83. The van der Waals surface area contributed by atoms with Crippen LogP contribution in [-0.4, -0.2) is 25.9 Å². The van der Waals surface area contributed by atoms with Crippen molar-refractivity contribution < 1.29 is 13.5 Å². The average Bonchev–Trinajstić information content (AvgIpc) is 2.31. The first-order valence-electron chi connectivity index (χ1n) is 6.24. The van der Waals surface area contributed by atoms with Crippen LogP contribution in [0.4, 0.5) is 5.69 Å². The summed E-state index contributed by atoms with van der Waals surface area (Å²) >= 11 is 5.89. The zero-order chi connectivity index (χ0) is 15.2. The number of nitrogens with one attached hydrogen (secondary N) is 1. The Bertz CT molecular complexity index is 615. The first-order chi connectivity index (χ1) is 9.34. The topological polar surface area (TPSA) is 66.4 Å². The van der Waals surface area contributed by atoms with E-state index in [2.05, 4.69) is 16.6 Å². The molecule has 0 aliphatic carbocycles. The number of sulfonamides is 1. The summed E-state index contributed by atoms with van der Waals surface area (Å²) < 4.78 is 26.4. The lowest BCUT2D eigenvalue weighted by molar-refractivity contribution is 0.305. The smallest absolute Gasteiger partial charge is 0.233 e. The Hall–Kier alpha value is -1.22. The minimum atomic E-state index is -3.41. The molecule has 0 aromatic heterocycles. The predicted molar refractivity (Wildman–Crippen MR) is 82.3 cm³/mol. The molecule has 0 radical (unpaired) electrons. The third-order valence-corrected chi connectivity index (χ3v) is 4.13. The highest BCUT2D eigenvalue weighted by atomic mass is 35.5. The maximum absolute atomic E-state index is 11.9. The van der Waals surface area contributed by atoms with Gasteiger partial charge in [-0.3, -0.25) is 4.72 Å². The second kappa shape index (κ2) is 7.53. The molecule has 6 heteroatoms. The molecule has 0 saturated heterocycles. The Kier molecular flexibility index (Phi) is 6.34. The zero-order valence-corrected chi connectivity index (χ0v) is 13.1. The van der Waals surface area contributed by atoms with E-state index < -0.39 is 10.0 Å². The fraction of sp³-hybridized carbons (Fsp3) is 0.429. The second-order valence-electron chi connectivity index (χ2n) is 4.74. The third-order valence-electron chi connectivity index (χ3n) is 2.26. The van der Waals surface area contributed by atoms with Gasteiger partial charge in [0.05, 0.1) is 23.6 Å². The highest BCUT2D eigenvalue weighted by Crippen LogP contribution is 2.21. The van der Waals surface area contributed by atoms with Gasteiger partial charge in [0, 0.05) is 11.4 Å². The maximum atomic E-state index is 11.9. The van der Waals surface area contributed by atoms with Crippen molar-refractivity contribution in [3.8, 4) is 11.8 Å². The Morgan fingerprint density at radius 2 is 2.10 bits per heavy atom. The minimum Gasteiger partial charge on any atom is -0.395 e. The van der Waals surface area contributed by atoms with Crippen molar-refractivity contribution in [2.24, 2.45) is 5.92 Å². The van der Waals surface area contributed by atoms with E-state index in [0.717, 1.165) is 0 Å². The fourth-order valence-corrected chi connectivity index (χ4v) is 3.22. The largest absolute Gasteiger partial charge is 0.395 e. The van der Waals surface area contributed by atoms with Crippen LogP contribution >= 0.6 is 11.6 Å².